The Labute approximate surface area is 307 Å². The first kappa shape index (κ1) is 33.0. The maximum atomic E-state index is 6.13. The van der Waals surface area contributed by atoms with Crippen LogP contribution in [0.2, 0.25) is 0 Å². The van der Waals surface area contributed by atoms with Crippen LogP contribution >= 0.6 is 0 Å². The normalized spacial score (nSPS) is 30.3. The van der Waals surface area contributed by atoms with Crippen LogP contribution in [0.25, 0.3) is 0 Å². The van der Waals surface area contributed by atoms with Crippen molar-refractivity contribution >= 4 is 6.01 Å². The molecule has 0 amide bonds. The molecule has 0 spiro atoms. The standard InChI is InChI=1S/C42H54N8O2/c43-32-11-9-30(10-12-32)35-24-38(51-47-35)41(13-14-41)26-44-37-23-34(37)31-8-4-5-28(21-31)25-49-17-19-50(20-18-49)40-46-39(48-52-40)42(15-16-42)27-45-36-22-33(36)29-6-2-1-3-7-29/h1-8,21,24,30,32-34,36-37,44-45H,9-20,22-23,25-27,43H2/t30?,32?,33-,34-,36+,37+/m0/s1. The van der Waals surface area contributed by atoms with Gasteiger partial charge in [0.25, 0.3) is 0 Å². The summed E-state index contributed by atoms with van der Waals surface area (Å²) in [5.74, 6) is 3.72. The van der Waals surface area contributed by atoms with Gasteiger partial charge in [0.05, 0.1) is 5.69 Å². The van der Waals surface area contributed by atoms with Crippen LogP contribution < -0.4 is 21.3 Å². The number of aromatic nitrogens is 3. The van der Waals surface area contributed by atoms with Gasteiger partial charge in [0.2, 0.25) is 0 Å². The van der Waals surface area contributed by atoms with E-state index < -0.39 is 0 Å². The Kier molecular flexibility index (Phi) is 8.50. The minimum absolute atomic E-state index is 0.0405. The maximum absolute atomic E-state index is 6.13. The van der Waals surface area contributed by atoms with Gasteiger partial charge in [0, 0.05) is 98.6 Å². The number of benzene rings is 2. The first-order chi connectivity index (χ1) is 25.5. The number of nitrogens with zero attached hydrogens (tertiary/aromatic N) is 5. The van der Waals surface area contributed by atoms with Gasteiger partial charge in [0.15, 0.2) is 5.82 Å². The van der Waals surface area contributed by atoms with E-state index in [-0.39, 0.29) is 10.8 Å². The Hall–Kier alpha value is -3.57. The highest BCUT2D eigenvalue weighted by molar-refractivity contribution is 5.34. The van der Waals surface area contributed by atoms with Gasteiger partial charge in [0.1, 0.15) is 5.76 Å². The molecule has 5 aliphatic carbocycles. The first-order valence-corrected chi connectivity index (χ1v) is 20.2. The van der Waals surface area contributed by atoms with E-state index in [0.717, 1.165) is 102 Å². The molecule has 5 saturated carbocycles. The molecule has 4 aromatic rings. The van der Waals surface area contributed by atoms with Crippen LogP contribution in [0.3, 0.4) is 0 Å². The predicted molar refractivity (Wildman–Crippen MR) is 200 cm³/mol. The van der Waals surface area contributed by atoms with Crippen LogP contribution in [0.5, 0.6) is 0 Å². The Morgan fingerprint density at radius 1 is 0.731 bits per heavy atom. The van der Waals surface area contributed by atoms with E-state index in [1.54, 1.807) is 0 Å². The Balaban J connectivity index is 0.677. The van der Waals surface area contributed by atoms with E-state index in [1.807, 2.05) is 0 Å². The number of hydrogen-bond donors (Lipinski definition) is 3. The number of hydrogen-bond acceptors (Lipinski definition) is 10. The quantitative estimate of drug-likeness (QED) is 0.151. The lowest BCUT2D eigenvalue weighted by Crippen LogP contribution is -2.46. The molecule has 4 N–H and O–H groups in total. The Bertz CT molecular complexity index is 1830. The van der Waals surface area contributed by atoms with Crippen molar-refractivity contribution < 1.29 is 9.05 Å². The SMILES string of the molecule is NC1CCC(c2cc(C3(CN[C@@H]4C[C@H]4c4cccc(CN5CCN(c6nc(C7(CN[C@@H]8C[C@H]8c8ccccc8)CC7)no6)CC5)c4)CC3)on2)CC1. The van der Waals surface area contributed by atoms with E-state index in [1.165, 1.54) is 42.4 Å². The molecule has 10 rings (SSSR count). The summed E-state index contributed by atoms with van der Waals surface area (Å²) in [5.41, 5.74) is 11.8. The van der Waals surface area contributed by atoms with Crippen molar-refractivity contribution in [2.24, 2.45) is 5.73 Å². The molecule has 2 aromatic heterocycles. The summed E-state index contributed by atoms with van der Waals surface area (Å²) in [4.78, 5) is 9.78. The largest absolute Gasteiger partial charge is 0.360 e. The van der Waals surface area contributed by atoms with Crippen molar-refractivity contribution in [3.8, 4) is 0 Å². The van der Waals surface area contributed by atoms with Crippen LogP contribution in [0, 0.1) is 0 Å². The van der Waals surface area contributed by atoms with Crippen LogP contribution in [0.1, 0.15) is 116 Å². The lowest BCUT2D eigenvalue weighted by molar-refractivity contribution is 0.242. The van der Waals surface area contributed by atoms with Gasteiger partial charge < -0.3 is 30.3 Å². The highest BCUT2D eigenvalue weighted by Crippen LogP contribution is 2.51. The topological polar surface area (TPSA) is 122 Å². The van der Waals surface area contributed by atoms with Gasteiger partial charge in [-0.25, -0.2) is 0 Å². The van der Waals surface area contributed by atoms with Crippen molar-refractivity contribution in [1.29, 1.82) is 0 Å². The van der Waals surface area contributed by atoms with Gasteiger partial charge in [-0.1, -0.05) is 64.9 Å². The molecule has 1 aliphatic heterocycles. The third-order valence-electron chi connectivity index (χ3n) is 13.5. The summed E-state index contributed by atoms with van der Waals surface area (Å²) >= 11 is 0. The molecule has 0 radical (unpaired) electrons. The summed E-state index contributed by atoms with van der Waals surface area (Å²) < 4.78 is 11.8. The second kappa shape index (κ2) is 13.4. The average Bonchev–Trinajstić information content (AvgIpc) is 4.08. The van der Waals surface area contributed by atoms with Crippen LogP contribution in [-0.4, -0.2) is 77.6 Å². The molecular formula is C42H54N8O2. The Morgan fingerprint density at radius 3 is 2.15 bits per heavy atom. The molecule has 0 unspecified atom stereocenters. The lowest BCUT2D eigenvalue weighted by atomic mass is 9.84. The zero-order valence-electron chi connectivity index (χ0n) is 30.4. The summed E-state index contributed by atoms with van der Waals surface area (Å²) in [7, 11) is 0. The number of nitrogens with two attached hydrogens (primary N) is 1. The lowest BCUT2D eigenvalue weighted by Gasteiger charge is -2.33. The van der Waals surface area contributed by atoms with E-state index in [2.05, 4.69) is 91.4 Å². The third-order valence-corrected chi connectivity index (χ3v) is 13.5. The molecular weight excluding hydrogens is 649 g/mol. The molecule has 6 fully saturated rings. The molecule has 10 nitrogen and oxygen atoms in total. The molecule has 2 aromatic carbocycles. The zero-order valence-corrected chi connectivity index (χ0v) is 30.4. The summed E-state index contributed by atoms with van der Waals surface area (Å²) in [6, 6.07) is 24.6. The first-order valence-electron chi connectivity index (χ1n) is 20.2. The number of nitrogens with one attached hydrogen (secondary N) is 2. The smallest absolute Gasteiger partial charge is 0.324 e. The molecule has 52 heavy (non-hydrogen) atoms. The maximum Gasteiger partial charge on any atom is 0.324 e. The minimum Gasteiger partial charge on any atom is -0.360 e. The number of rotatable bonds is 14. The van der Waals surface area contributed by atoms with Gasteiger partial charge >= 0.3 is 6.01 Å². The van der Waals surface area contributed by atoms with Crippen LogP contribution in [0.4, 0.5) is 6.01 Å². The van der Waals surface area contributed by atoms with Crippen molar-refractivity contribution in [3.05, 3.63) is 94.6 Å². The average molecular weight is 703 g/mol. The van der Waals surface area contributed by atoms with Crippen molar-refractivity contribution in [3.63, 3.8) is 0 Å². The second-order valence-corrected chi connectivity index (χ2v) is 17.3. The van der Waals surface area contributed by atoms with Crippen molar-refractivity contribution in [2.75, 3.05) is 44.2 Å². The molecule has 6 aliphatic rings. The third kappa shape index (κ3) is 6.83. The monoisotopic (exact) mass is 702 g/mol. The summed E-state index contributed by atoms with van der Waals surface area (Å²) in [5, 5.41) is 16.8. The molecule has 10 heteroatoms. The van der Waals surface area contributed by atoms with E-state index in [4.69, 9.17) is 19.8 Å². The summed E-state index contributed by atoms with van der Waals surface area (Å²) in [6.07, 6.45) is 11.5. The molecule has 274 valence electrons. The van der Waals surface area contributed by atoms with E-state index in [9.17, 15) is 0 Å². The van der Waals surface area contributed by atoms with E-state index in [0.29, 0.717) is 41.9 Å². The van der Waals surface area contributed by atoms with Gasteiger partial charge in [-0.05, 0) is 80.9 Å². The predicted octanol–water partition coefficient (Wildman–Crippen LogP) is 5.72. The van der Waals surface area contributed by atoms with Gasteiger partial charge in [-0.15, -0.1) is 0 Å². The zero-order chi connectivity index (χ0) is 34.7. The molecule has 0 bridgehead atoms. The molecule has 1 saturated heterocycles. The van der Waals surface area contributed by atoms with Gasteiger partial charge in [-0.3, -0.25) is 4.90 Å². The van der Waals surface area contributed by atoms with Crippen molar-refractivity contribution in [1.82, 2.24) is 30.8 Å². The highest BCUT2D eigenvalue weighted by atomic mass is 16.5. The Morgan fingerprint density at radius 2 is 1.42 bits per heavy atom. The van der Waals surface area contributed by atoms with E-state index >= 15 is 0 Å². The highest BCUT2D eigenvalue weighted by Gasteiger charge is 2.51. The molecule has 3 heterocycles. The summed E-state index contributed by atoms with van der Waals surface area (Å²) in [6.45, 7) is 6.69. The number of piperazine rings is 1. The fraction of sp³-hybridized carbons (Fsp3) is 0.595. The fourth-order valence-corrected chi connectivity index (χ4v) is 9.21. The minimum atomic E-state index is 0.0405. The molecule has 4 atom stereocenters. The second-order valence-electron chi connectivity index (χ2n) is 17.3. The van der Waals surface area contributed by atoms with Gasteiger partial charge in [-0.2, -0.15) is 4.98 Å². The van der Waals surface area contributed by atoms with Crippen molar-refractivity contribution in [2.45, 2.75) is 117 Å². The fourth-order valence-electron chi connectivity index (χ4n) is 9.21. The van der Waals surface area contributed by atoms with Crippen LogP contribution in [-0.2, 0) is 17.4 Å². The number of anilines is 1. The van der Waals surface area contributed by atoms with Crippen LogP contribution in [0.15, 0.2) is 69.7 Å².